The molecule has 0 spiro atoms. The number of hydrogen-bond donors (Lipinski definition) is 1. The molecule has 4 nitrogen and oxygen atoms in total. The van der Waals surface area contributed by atoms with E-state index in [0.717, 1.165) is 47.5 Å². The Bertz CT molecular complexity index is 361. The standard InChI is InChI=1S/C12H19Br2N3O/c1-17(2)4-6-18-5-3-15-9-12-11(14)7-10(13)8-16-12/h7-8,15H,3-6,9H2,1-2H3. The summed E-state index contributed by atoms with van der Waals surface area (Å²) >= 11 is 6.87. The van der Waals surface area contributed by atoms with Crippen LogP contribution in [0, 0.1) is 0 Å². The lowest BCUT2D eigenvalue weighted by atomic mass is 10.3. The molecule has 1 heterocycles. The SMILES string of the molecule is CN(C)CCOCCNCc1ncc(Br)cc1Br. The van der Waals surface area contributed by atoms with Gasteiger partial charge < -0.3 is 15.0 Å². The van der Waals surface area contributed by atoms with Gasteiger partial charge in [0.1, 0.15) is 0 Å². The van der Waals surface area contributed by atoms with Crippen molar-refractivity contribution in [2.75, 3.05) is 40.4 Å². The molecule has 1 rings (SSSR count). The zero-order valence-electron chi connectivity index (χ0n) is 10.7. The first-order chi connectivity index (χ1) is 8.59. The summed E-state index contributed by atoms with van der Waals surface area (Å²) in [5, 5.41) is 3.30. The Balaban J connectivity index is 2.11. The summed E-state index contributed by atoms with van der Waals surface area (Å²) < 4.78 is 7.48. The molecular weight excluding hydrogens is 362 g/mol. The van der Waals surface area contributed by atoms with Gasteiger partial charge in [-0.25, -0.2) is 0 Å². The Morgan fingerprint density at radius 3 is 2.78 bits per heavy atom. The summed E-state index contributed by atoms with van der Waals surface area (Å²) in [7, 11) is 4.08. The largest absolute Gasteiger partial charge is 0.379 e. The van der Waals surface area contributed by atoms with E-state index in [2.05, 4.69) is 47.1 Å². The van der Waals surface area contributed by atoms with Gasteiger partial charge in [0.25, 0.3) is 0 Å². The molecule has 18 heavy (non-hydrogen) atoms. The highest BCUT2D eigenvalue weighted by Crippen LogP contribution is 2.19. The molecule has 0 radical (unpaired) electrons. The van der Waals surface area contributed by atoms with Crippen molar-refractivity contribution in [2.45, 2.75) is 6.54 Å². The van der Waals surface area contributed by atoms with Crippen molar-refractivity contribution < 1.29 is 4.74 Å². The van der Waals surface area contributed by atoms with Crippen LogP contribution in [-0.4, -0.2) is 50.3 Å². The highest BCUT2D eigenvalue weighted by Gasteiger charge is 2.01. The molecule has 1 N–H and O–H groups in total. The van der Waals surface area contributed by atoms with Gasteiger partial charge in [0.05, 0.1) is 18.9 Å². The first kappa shape index (κ1) is 16.0. The summed E-state index contributed by atoms with van der Waals surface area (Å²) in [6.07, 6.45) is 1.80. The van der Waals surface area contributed by atoms with E-state index in [0.29, 0.717) is 0 Å². The van der Waals surface area contributed by atoms with Crippen molar-refractivity contribution in [3.05, 3.63) is 26.9 Å². The quantitative estimate of drug-likeness (QED) is 0.702. The average molecular weight is 381 g/mol. The Labute approximate surface area is 125 Å². The van der Waals surface area contributed by atoms with E-state index in [-0.39, 0.29) is 0 Å². The van der Waals surface area contributed by atoms with Crippen LogP contribution in [0.3, 0.4) is 0 Å². The van der Waals surface area contributed by atoms with Crippen LogP contribution in [0.15, 0.2) is 21.2 Å². The Morgan fingerprint density at radius 1 is 1.33 bits per heavy atom. The molecular formula is C12H19Br2N3O. The molecule has 1 aromatic rings. The second kappa shape index (κ2) is 8.98. The molecule has 0 unspecified atom stereocenters. The predicted molar refractivity (Wildman–Crippen MR) is 80.7 cm³/mol. The monoisotopic (exact) mass is 379 g/mol. The molecule has 1 aromatic heterocycles. The lowest BCUT2D eigenvalue weighted by Gasteiger charge is -2.10. The van der Waals surface area contributed by atoms with Crippen LogP contribution in [0.1, 0.15) is 5.69 Å². The van der Waals surface area contributed by atoms with E-state index in [1.165, 1.54) is 0 Å². The van der Waals surface area contributed by atoms with Gasteiger partial charge in [0.2, 0.25) is 0 Å². The number of likely N-dealkylation sites (N-methyl/N-ethyl adjacent to an activating group) is 1. The van der Waals surface area contributed by atoms with Gasteiger partial charge in [0.15, 0.2) is 0 Å². The smallest absolute Gasteiger partial charge is 0.0684 e. The highest BCUT2D eigenvalue weighted by molar-refractivity contribution is 9.11. The van der Waals surface area contributed by atoms with Crippen LogP contribution >= 0.6 is 31.9 Å². The Kier molecular flexibility index (Phi) is 8.01. The molecule has 0 aromatic carbocycles. The first-order valence-corrected chi connectivity index (χ1v) is 7.41. The molecule has 0 bridgehead atoms. The van der Waals surface area contributed by atoms with Crippen LogP contribution in [-0.2, 0) is 11.3 Å². The van der Waals surface area contributed by atoms with Crippen LogP contribution < -0.4 is 5.32 Å². The fourth-order valence-corrected chi connectivity index (χ4v) is 2.40. The van der Waals surface area contributed by atoms with Gasteiger partial charge >= 0.3 is 0 Å². The summed E-state index contributed by atoms with van der Waals surface area (Å²) in [4.78, 5) is 6.44. The molecule has 0 saturated carbocycles. The zero-order chi connectivity index (χ0) is 13.4. The van der Waals surface area contributed by atoms with Gasteiger partial charge in [-0.3, -0.25) is 4.98 Å². The third kappa shape index (κ3) is 6.80. The summed E-state index contributed by atoms with van der Waals surface area (Å²) in [5.74, 6) is 0. The van der Waals surface area contributed by atoms with Gasteiger partial charge in [0, 0.05) is 34.8 Å². The summed E-state index contributed by atoms with van der Waals surface area (Å²) in [6, 6.07) is 2.00. The minimum absolute atomic E-state index is 0.724. The lowest BCUT2D eigenvalue weighted by Crippen LogP contribution is -2.23. The number of halogens is 2. The maximum atomic E-state index is 5.49. The Morgan fingerprint density at radius 2 is 2.11 bits per heavy atom. The van der Waals surface area contributed by atoms with Gasteiger partial charge in [-0.2, -0.15) is 0 Å². The first-order valence-electron chi connectivity index (χ1n) is 5.82. The van der Waals surface area contributed by atoms with E-state index in [4.69, 9.17) is 4.74 Å². The van der Waals surface area contributed by atoms with Crippen LogP contribution in [0.5, 0.6) is 0 Å². The normalized spacial score (nSPS) is 11.2. The molecule has 0 aliphatic heterocycles. The number of ether oxygens (including phenoxy) is 1. The number of nitrogens with one attached hydrogen (secondary N) is 1. The number of nitrogens with zero attached hydrogens (tertiary/aromatic N) is 2. The number of aromatic nitrogens is 1. The summed E-state index contributed by atoms with van der Waals surface area (Å²) in [5.41, 5.74) is 1.01. The zero-order valence-corrected chi connectivity index (χ0v) is 13.9. The van der Waals surface area contributed by atoms with Crippen molar-refractivity contribution in [3.8, 4) is 0 Å². The van der Waals surface area contributed by atoms with Gasteiger partial charge in [-0.05, 0) is 52.0 Å². The fourth-order valence-electron chi connectivity index (χ4n) is 1.27. The van der Waals surface area contributed by atoms with Crippen LogP contribution in [0.25, 0.3) is 0 Å². The number of rotatable bonds is 8. The Hall–Kier alpha value is -0.0100. The maximum Gasteiger partial charge on any atom is 0.0684 e. The highest BCUT2D eigenvalue weighted by atomic mass is 79.9. The van der Waals surface area contributed by atoms with Gasteiger partial charge in [-0.1, -0.05) is 0 Å². The topological polar surface area (TPSA) is 37.4 Å². The van der Waals surface area contributed by atoms with Crippen molar-refractivity contribution in [1.82, 2.24) is 15.2 Å². The molecule has 0 atom stereocenters. The average Bonchev–Trinajstić information content (AvgIpc) is 2.30. The molecule has 0 aliphatic rings. The van der Waals surface area contributed by atoms with Crippen molar-refractivity contribution in [1.29, 1.82) is 0 Å². The molecule has 0 aliphatic carbocycles. The van der Waals surface area contributed by atoms with Crippen molar-refractivity contribution in [2.24, 2.45) is 0 Å². The predicted octanol–water partition coefficient (Wildman–Crippen LogP) is 2.27. The fraction of sp³-hybridized carbons (Fsp3) is 0.583. The van der Waals surface area contributed by atoms with Gasteiger partial charge in [-0.15, -0.1) is 0 Å². The van der Waals surface area contributed by atoms with Crippen molar-refractivity contribution in [3.63, 3.8) is 0 Å². The minimum Gasteiger partial charge on any atom is -0.379 e. The second-order valence-electron chi connectivity index (χ2n) is 4.17. The van der Waals surface area contributed by atoms with E-state index >= 15 is 0 Å². The minimum atomic E-state index is 0.724. The molecule has 102 valence electrons. The van der Waals surface area contributed by atoms with E-state index in [1.54, 1.807) is 6.20 Å². The maximum absolute atomic E-state index is 5.49. The number of pyridine rings is 1. The molecule has 6 heteroatoms. The molecule has 0 saturated heterocycles. The van der Waals surface area contributed by atoms with E-state index < -0.39 is 0 Å². The third-order valence-corrected chi connectivity index (χ3v) is 3.40. The van der Waals surface area contributed by atoms with E-state index in [9.17, 15) is 0 Å². The second-order valence-corrected chi connectivity index (χ2v) is 5.94. The third-order valence-electron chi connectivity index (χ3n) is 2.28. The van der Waals surface area contributed by atoms with Crippen LogP contribution in [0.4, 0.5) is 0 Å². The number of hydrogen-bond acceptors (Lipinski definition) is 4. The van der Waals surface area contributed by atoms with Crippen molar-refractivity contribution >= 4 is 31.9 Å². The van der Waals surface area contributed by atoms with E-state index in [1.807, 2.05) is 20.2 Å². The molecule has 0 fully saturated rings. The van der Waals surface area contributed by atoms with Crippen LogP contribution in [0.2, 0.25) is 0 Å². The lowest BCUT2D eigenvalue weighted by molar-refractivity contribution is 0.119. The molecule has 0 amide bonds. The summed E-state index contributed by atoms with van der Waals surface area (Å²) in [6.45, 7) is 4.03.